The monoisotopic (exact) mass is 502 g/mol. The first kappa shape index (κ1) is 30.2. The predicted molar refractivity (Wildman–Crippen MR) is 126 cm³/mol. The summed E-state index contributed by atoms with van der Waals surface area (Å²) in [4.78, 5) is 12.1. The summed E-state index contributed by atoms with van der Waals surface area (Å²) in [7, 11) is -3.89. The molecular formula is C24H35F3N3O3S. The maximum absolute atomic E-state index is 12.9. The number of halogens is 3. The van der Waals surface area contributed by atoms with Crippen LogP contribution in [0.15, 0.2) is 29.2 Å². The zero-order valence-corrected chi connectivity index (χ0v) is 20.3. The smallest absolute Gasteiger partial charge is 0.338 e. The Bertz CT molecular complexity index is 852. The fourth-order valence-electron chi connectivity index (χ4n) is 4.28. The highest BCUT2D eigenvalue weighted by atomic mass is 32.2. The second-order valence-electron chi connectivity index (χ2n) is 8.60. The van der Waals surface area contributed by atoms with Gasteiger partial charge in [-0.25, -0.2) is 13.2 Å². The molecule has 191 valence electrons. The molecular weight excluding hydrogens is 467 g/mol. The number of carbonyl (C=O) groups excluding carboxylic acids is 1. The molecule has 5 radical (unpaired) electrons. The number of amides is 2. The van der Waals surface area contributed by atoms with E-state index >= 15 is 0 Å². The summed E-state index contributed by atoms with van der Waals surface area (Å²) < 4.78 is 65.4. The van der Waals surface area contributed by atoms with E-state index in [1.807, 2.05) is 0 Å². The average Bonchev–Trinajstić information content (AvgIpc) is 2.74. The van der Waals surface area contributed by atoms with Crippen molar-refractivity contribution in [3.8, 4) is 0 Å². The molecule has 1 aliphatic heterocycles. The molecule has 1 aromatic carbocycles. The number of carbonyl (C=O) groups is 1. The second-order valence-corrected chi connectivity index (χ2v) is 10.5. The van der Waals surface area contributed by atoms with E-state index in [4.69, 9.17) is 0 Å². The van der Waals surface area contributed by atoms with Crippen LogP contribution in [0.3, 0.4) is 0 Å². The molecule has 1 saturated carbocycles. The molecule has 1 saturated heterocycles. The predicted octanol–water partition coefficient (Wildman–Crippen LogP) is 5.34. The van der Waals surface area contributed by atoms with Crippen LogP contribution in [0.25, 0.3) is 0 Å². The minimum atomic E-state index is -4.51. The van der Waals surface area contributed by atoms with Gasteiger partial charge < -0.3 is 10.6 Å². The molecule has 1 aromatic rings. The maximum atomic E-state index is 12.9. The highest BCUT2D eigenvalue weighted by molar-refractivity contribution is 7.89. The van der Waals surface area contributed by atoms with Gasteiger partial charge in [-0.15, -0.1) is 0 Å². The largest absolute Gasteiger partial charge is 0.416 e. The Morgan fingerprint density at radius 1 is 0.971 bits per heavy atom. The summed E-state index contributed by atoms with van der Waals surface area (Å²) in [5.74, 6) is -0.0546. The maximum Gasteiger partial charge on any atom is 0.416 e. The molecule has 6 nitrogen and oxygen atoms in total. The van der Waals surface area contributed by atoms with Gasteiger partial charge in [0, 0.05) is 19.6 Å². The standard InChI is InChI=1S/C22H31F3N3O3S.2CH2/c23-22(24,25)18-10-12-20(13-11-18)32(30,31)28-14-6-7-17(16-28)15-26-21(29)27-19-8-4-2-1-3-5-9-19;;/h10-13,17H,1-9,14-16H2,(H2,26,27,29);2*1H2. The Kier molecular flexibility index (Phi) is 11.8. The van der Waals surface area contributed by atoms with E-state index in [-0.39, 0.29) is 38.2 Å². The van der Waals surface area contributed by atoms with Gasteiger partial charge in [-0.05, 0) is 55.9 Å². The zero-order chi connectivity index (χ0) is 23.2. The molecule has 0 aromatic heterocycles. The van der Waals surface area contributed by atoms with Gasteiger partial charge in [0.15, 0.2) is 0 Å². The van der Waals surface area contributed by atoms with Crippen molar-refractivity contribution >= 4 is 16.1 Å². The molecule has 3 rings (SSSR count). The van der Waals surface area contributed by atoms with Crippen LogP contribution >= 0.6 is 0 Å². The molecule has 0 bridgehead atoms. The zero-order valence-electron chi connectivity index (χ0n) is 19.5. The number of rotatable bonds is 5. The van der Waals surface area contributed by atoms with Crippen LogP contribution in [0.1, 0.15) is 63.4 Å². The van der Waals surface area contributed by atoms with Gasteiger partial charge in [0.2, 0.25) is 10.0 Å². The van der Waals surface area contributed by atoms with E-state index in [1.54, 1.807) is 0 Å². The van der Waals surface area contributed by atoms with Gasteiger partial charge in [0.1, 0.15) is 0 Å². The molecule has 1 heterocycles. The van der Waals surface area contributed by atoms with E-state index in [0.29, 0.717) is 19.5 Å². The van der Waals surface area contributed by atoms with Gasteiger partial charge in [0.25, 0.3) is 0 Å². The van der Waals surface area contributed by atoms with E-state index in [9.17, 15) is 26.4 Å². The number of urea groups is 1. The van der Waals surface area contributed by atoms with Crippen molar-refractivity contribution in [3.05, 3.63) is 50.7 Å². The van der Waals surface area contributed by atoms with Gasteiger partial charge in [-0.1, -0.05) is 47.0 Å². The topological polar surface area (TPSA) is 78.5 Å². The summed E-state index contributed by atoms with van der Waals surface area (Å²) >= 11 is 0. The lowest BCUT2D eigenvalue weighted by Crippen LogP contribution is -2.46. The molecule has 34 heavy (non-hydrogen) atoms. The van der Waals surface area contributed by atoms with Gasteiger partial charge in [-0.3, -0.25) is 0 Å². The quantitative estimate of drug-likeness (QED) is 0.571. The Morgan fingerprint density at radius 3 is 2.15 bits per heavy atom. The van der Waals surface area contributed by atoms with E-state index in [2.05, 4.69) is 10.6 Å². The van der Waals surface area contributed by atoms with Crippen molar-refractivity contribution in [2.75, 3.05) is 19.6 Å². The molecule has 1 aliphatic carbocycles. The molecule has 1 unspecified atom stereocenters. The molecule has 1 atom stereocenters. The molecule has 2 fully saturated rings. The SMILES string of the molecule is O=C(NCC1CCCN(S(=O)(=O)c2ccc(C(F)(F)F)cc2)C1)N[C]1CCCCCCC1.[CH2].[CH2]. The Balaban J connectivity index is 0.00000289. The number of benzene rings is 1. The van der Waals surface area contributed by atoms with Crippen LogP contribution in [0.2, 0.25) is 0 Å². The van der Waals surface area contributed by atoms with Crippen LogP contribution in [0.5, 0.6) is 0 Å². The lowest BCUT2D eigenvalue weighted by atomic mass is 9.97. The van der Waals surface area contributed by atoms with Crippen molar-refractivity contribution < 1.29 is 26.4 Å². The van der Waals surface area contributed by atoms with Crippen LogP contribution < -0.4 is 10.6 Å². The summed E-state index contributed by atoms with van der Waals surface area (Å²) in [6.07, 6.45) is 4.44. The molecule has 2 aliphatic rings. The van der Waals surface area contributed by atoms with Crippen LogP contribution in [0, 0.1) is 26.8 Å². The number of nitrogens with one attached hydrogen (secondary N) is 2. The molecule has 10 heteroatoms. The van der Waals surface area contributed by atoms with Crippen LogP contribution in [-0.4, -0.2) is 38.4 Å². The average molecular weight is 503 g/mol. The van der Waals surface area contributed by atoms with Crippen molar-refractivity contribution in [3.63, 3.8) is 0 Å². The third-order valence-corrected chi connectivity index (χ3v) is 7.98. The Labute approximate surface area is 202 Å². The van der Waals surface area contributed by atoms with Crippen molar-refractivity contribution in [2.24, 2.45) is 5.92 Å². The fourth-order valence-corrected chi connectivity index (χ4v) is 5.83. The number of hydrogen-bond donors (Lipinski definition) is 2. The Morgan fingerprint density at radius 2 is 1.56 bits per heavy atom. The van der Waals surface area contributed by atoms with Crippen LogP contribution in [0.4, 0.5) is 18.0 Å². The van der Waals surface area contributed by atoms with Gasteiger partial charge in [0.05, 0.1) is 16.5 Å². The fraction of sp³-hybridized carbons (Fsp3) is 0.583. The summed E-state index contributed by atoms with van der Waals surface area (Å²) in [6.45, 7) is 0.877. The number of piperidine rings is 1. The summed E-state index contributed by atoms with van der Waals surface area (Å²) in [6, 6.07) is 4.36. The number of alkyl halides is 3. The third-order valence-electron chi connectivity index (χ3n) is 6.10. The first-order valence-corrected chi connectivity index (χ1v) is 12.7. The third kappa shape index (κ3) is 8.45. The number of nitrogens with zero attached hydrogens (tertiary/aromatic N) is 1. The number of hydrogen-bond acceptors (Lipinski definition) is 3. The summed E-state index contributed by atoms with van der Waals surface area (Å²) in [5, 5.41) is 5.81. The molecule has 2 N–H and O–H groups in total. The molecule has 2 amide bonds. The van der Waals surface area contributed by atoms with Crippen molar-refractivity contribution in [2.45, 2.75) is 68.9 Å². The van der Waals surface area contributed by atoms with Crippen molar-refractivity contribution in [1.29, 1.82) is 0 Å². The minimum Gasteiger partial charge on any atom is -0.338 e. The second kappa shape index (κ2) is 13.3. The normalized spacial score (nSPS) is 20.7. The Hall–Kier alpha value is -1.81. The van der Waals surface area contributed by atoms with Gasteiger partial charge in [-0.2, -0.15) is 17.5 Å². The van der Waals surface area contributed by atoms with E-state index in [0.717, 1.165) is 62.4 Å². The van der Waals surface area contributed by atoms with Gasteiger partial charge >= 0.3 is 12.2 Å². The van der Waals surface area contributed by atoms with Crippen molar-refractivity contribution in [1.82, 2.24) is 14.9 Å². The van der Waals surface area contributed by atoms with E-state index in [1.165, 1.54) is 23.6 Å². The molecule has 0 spiro atoms. The lowest BCUT2D eigenvalue weighted by molar-refractivity contribution is -0.137. The van der Waals surface area contributed by atoms with E-state index < -0.39 is 21.8 Å². The van der Waals surface area contributed by atoms with Crippen LogP contribution in [-0.2, 0) is 16.2 Å². The number of sulfonamides is 1. The highest BCUT2D eigenvalue weighted by Gasteiger charge is 2.33. The lowest BCUT2D eigenvalue weighted by Gasteiger charge is -2.32. The highest BCUT2D eigenvalue weighted by Crippen LogP contribution is 2.31. The summed E-state index contributed by atoms with van der Waals surface area (Å²) in [5.41, 5.74) is -0.884. The first-order valence-electron chi connectivity index (χ1n) is 11.2. The first-order chi connectivity index (χ1) is 15.2. The minimum absolute atomic E-state index is 0.